The van der Waals surface area contributed by atoms with Crippen LogP contribution in [0.25, 0.3) is 0 Å². The van der Waals surface area contributed by atoms with Crippen LogP contribution in [0.3, 0.4) is 0 Å². The number of thiophene rings is 1. The maximum Gasteiger partial charge on any atom is 0.296 e. The summed E-state index contributed by atoms with van der Waals surface area (Å²) in [5.74, 6) is 0.122. The number of nitrogens with one attached hydrogen (secondary N) is 1. The van der Waals surface area contributed by atoms with E-state index in [1.165, 1.54) is 24.1 Å². The Bertz CT molecular complexity index is 789. The van der Waals surface area contributed by atoms with Gasteiger partial charge < -0.3 is 10.1 Å². The smallest absolute Gasteiger partial charge is 0.296 e. The van der Waals surface area contributed by atoms with Crippen LogP contribution in [0, 0.1) is 10.1 Å². The fourth-order valence-electron chi connectivity index (χ4n) is 3.02. The van der Waals surface area contributed by atoms with Gasteiger partial charge in [-0.15, -0.1) is 11.3 Å². The third-order valence-corrected chi connectivity index (χ3v) is 5.33. The molecule has 2 heterocycles. The molecule has 1 amide bonds. The molecule has 1 aliphatic rings. The molecule has 0 radical (unpaired) electrons. The van der Waals surface area contributed by atoms with Gasteiger partial charge in [0.2, 0.25) is 5.91 Å². The second-order valence-corrected chi connectivity index (χ2v) is 7.35. The maximum atomic E-state index is 12.3. The Morgan fingerprint density at radius 1 is 1.26 bits per heavy atom. The third-order valence-electron chi connectivity index (χ3n) is 4.47. The third kappa shape index (κ3) is 5.25. The summed E-state index contributed by atoms with van der Waals surface area (Å²) in [5, 5.41) is 15.9. The zero-order valence-corrected chi connectivity index (χ0v) is 15.9. The molecular formula is C18H22N4O4S. The van der Waals surface area contributed by atoms with Crippen LogP contribution >= 0.6 is 11.3 Å². The second-order valence-electron chi connectivity index (χ2n) is 6.32. The molecule has 1 aliphatic heterocycles. The van der Waals surface area contributed by atoms with Gasteiger partial charge in [-0.2, -0.15) is 0 Å². The van der Waals surface area contributed by atoms with Crippen molar-refractivity contribution in [3.8, 4) is 5.75 Å². The number of piperazine rings is 1. The van der Waals surface area contributed by atoms with Gasteiger partial charge in [-0.3, -0.25) is 24.7 Å². The van der Waals surface area contributed by atoms with Crippen LogP contribution < -0.4 is 10.1 Å². The number of rotatable bonds is 7. The molecule has 144 valence electrons. The molecule has 1 aromatic carbocycles. The van der Waals surface area contributed by atoms with Crippen LogP contribution in [-0.4, -0.2) is 60.5 Å². The van der Waals surface area contributed by atoms with Crippen LogP contribution in [0.2, 0.25) is 0 Å². The van der Waals surface area contributed by atoms with Crippen molar-refractivity contribution in [1.29, 1.82) is 0 Å². The van der Waals surface area contributed by atoms with Crippen LogP contribution in [0.5, 0.6) is 5.75 Å². The molecule has 0 unspecified atom stereocenters. The predicted molar refractivity (Wildman–Crippen MR) is 104 cm³/mol. The number of benzene rings is 1. The van der Waals surface area contributed by atoms with Gasteiger partial charge in [0.1, 0.15) is 11.4 Å². The van der Waals surface area contributed by atoms with Gasteiger partial charge >= 0.3 is 0 Å². The topological polar surface area (TPSA) is 88.0 Å². The molecule has 9 heteroatoms. The van der Waals surface area contributed by atoms with E-state index in [0.717, 1.165) is 32.7 Å². The minimum Gasteiger partial charge on any atom is -0.496 e. The summed E-state index contributed by atoms with van der Waals surface area (Å²) in [6.07, 6.45) is 0. The predicted octanol–water partition coefficient (Wildman–Crippen LogP) is 2.42. The van der Waals surface area contributed by atoms with Gasteiger partial charge in [0.25, 0.3) is 5.69 Å². The first-order valence-corrected chi connectivity index (χ1v) is 9.52. The second kappa shape index (κ2) is 8.94. The van der Waals surface area contributed by atoms with Gasteiger partial charge in [-0.25, -0.2) is 0 Å². The minimum absolute atomic E-state index is 0.177. The van der Waals surface area contributed by atoms with E-state index in [0.29, 0.717) is 5.75 Å². The molecular weight excluding hydrogens is 368 g/mol. The fraction of sp³-hybridized carbons (Fsp3) is 0.389. The SMILES string of the molecule is COc1ccc(NC(=O)CN2CCN(Cc3cccs3)CC2)c([N+](=O)[O-])c1. The number of hydrogen-bond donors (Lipinski definition) is 1. The Labute approximate surface area is 161 Å². The van der Waals surface area contributed by atoms with Gasteiger partial charge in [-0.05, 0) is 23.6 Å². The van der Waals surface area contributed by atoms with E-state index in [2.05, 4.69) is 32.6 Å². The van der Waals surface area contributed by atoms with Crippen molar-refractivity contribution in [1.82, 2.24) is 9.80 Å². The number of hydrogen-bond acceptors (Lipinski definition) is 7. The highest BCUT2D eigenvalue weighted by molar-refractivity contribution is 7.09. The number of amides is 1. The number of carbonyl (C=O) groups excluding carboxylic acids is 1. The number of methoxy groups -OCH3 is 1. The number of ether oxygens (including phenoxy) is 1. The molecule has 0 atom stereocenters. The van der Waals surface area contributed by atoms with Gasteiger partial charge in [-0.1, -0.05) is 6.07 Å². The molecule has 1 fully saturated rings. The van der Waals surface area contributed by atoms with Gasteiger partial charge in [0.15, 0.2) is 0 Å². The van der Waals surface area contributed by atoms with E-state index in [9.17, 15) is 14.9 Å². The molecule has 1 aromatic heterocycles. The molecule has 1 saturated heterocycles. The first kappa shape index (κ1) is 19.3. The van der Waals surface area contributed by atoms with Crippen LogP contribution in [0.1, 0.15) is 4.88 Å². The molecule has 0 saturated carbocycles. The standard InChI is InChI=1S/C18H22N4O4S/c1-26-14-4-5-16(17(11-14)22(24)25)19-18(23)13-21-8-6-20(7-9-21)12-15-3-2-10-27-15/h2-5,10-11H,6-9,12-13H2,1H3,(H,19,23). The van der Waals surface area contributed by atoms with E-state index in [1.807, 2.05) is 0 Å². The van der Waals surface area contributed by atoms with Gasteiger partial charge in [0.05, 0.1) is 24.6 Å². The summed E-state index contributed by atoms with van der Waals surface area (Å²) >= 11 is 1.75. The van der Waals surface area contributed by atoms with Crippen molar-refractivity contribution in [2.45, 2.75) is 6.54 Å². The molecule has 3 rings (SSSR count). The van der Waals surface area contributed by atoms with Crippen molar-refractivity contribution in [3.05, 3.63) is 50.7 Å². The molecule has 2 aromatic rings. The highest BCUT2D eigenvalue weighted by Crippen LogP contribution is 2.28. The average Bonchev–Trinajstić information content (AvgIpc) is 3.16. The number of carbonyl (C=O) groups is 1. The summed E-state index contributed by atoms with van der Waals surface area (Å²) in [6.45, 7) is 4.54. The number of nitrogens with zero attached hydrogens (tertiary/aromatic N) is 3. The van der Waals surface area contributed by atoms with Crippen LogP contribution in [0.15, 0.2) is 35.7 Å². The van der Waals surface area contributed by atoms with Crippen molar-refractivity contribution >= 4 is 28.6 Å². The van der Waals surface area contributed by atoms with Gasteiger partial charge in [0, 0.05) is 37.6 Å². The Morgan fingerprint density at radius 2 is 2.00 bits per heavy atom. The zero-order chi connectivity index (χ0) is 19.2. The average molecular weight is 390 g/mol. The lowest BCUT2D eigenvalue weighted by molar-refractivity contribution is -0.384. The number of anilines is 1. The number of nitro benzene ring substituents is 1. The summed E-state index contributed by atoms with van der Waals surface area (Å²) in [6, 6.07) is 8.57. The lowest BCUT2D eigenvalue weighted by Gasteiger charge is -2.34. The maximum absolute atomic E-state index is 12.3. The summed E-state index contributed by atoms with van der Waals surface area (Å²) < 4.78 is 5.00. The lowest BCUT2D eigenvalue weighted by Crippen LogP contribution is -2.48. The normalized spacial score (nSPS) is 15.4. The van der Waals surface area contributed by atoms with E-state index in [1.54, 1.807) is 17.4 Å². The summed E-state index contributed by atoms with van der Waals surface area (Å²) in [4.78, 5) is 28.8. The molecule has 0 bridgehead atoms. The van der Waals surface area contributed by atoms with E-state index in [4.69, 9.17) is 4.74 Å². The van der Waals surface area contributed by atoms with Crippen molar-refractivity contribution in [3.63, 3.8) is 0 Å². The fourth-order valence-corrected chi connectivity index (χ4v) is 3.76. The largest absolute Gasteiger partial charge is 0.496 e. The number of nitro groups is 1. The highest BCUT2D eigenvalue weighted by atomic mass is 32.1. The van der Waals surface area contributed by atoms with Crippen LogP contribution in [0.4, 0.5) is 11.4 Å². The van der Waals surface area contributed by atoms with E-state index >= 15 is 0 Å². The van der Waals surface area contributed by atoms with E-state index < -0.39 is 4.92 Å². The Hall–Kier alpha value is -2.49. The molecule has 0 spiro atoms. The van der Waals surface area contributed by atoms with Crippen molar-refractivity contribution in [2.24, 2.45) is 0 Å². The first-order chi connectivity index (χ1) is 13.0. The Balaban J connectivity index is 1.51. The molecule has 27 heavy (non-hydrogen) atoms. The quantitative estimate of drug-likeness (QED) is 0.577. The summed E-state index contributed by atoms with van der Waals surface area (Å²) in [5.41, 5.74) is 0.00518. The highest BCUT2D eigenvalue weighted by Gasteiger charge is 2.21. The summed E-state index contributed by atoms with van der Waals surface area (Å²) in [7, 11) is 1.44. The monoisotopic (exact) mass is 390 g/mol. The molecule has 1 N–H and O–H groups in total. The Kier molecular flexibility index (Phi) is 6.38. The zero-order valence-electron chi connectivity index (χ0n) is 15.1. The Morgan fingerprint density at radius 3 is 2.63 bits per heavy atom. The lowest BCUT2D eigenvalue weighted by atomic mass is 10.2. The molecule has 8 nitrogen and oxygen atoms in total. The van der Waals surface area contributed by atoms with Crippen LogP contribution in [-0.2, 0) is 11.3 Å². The van der Waals surface area contributed by atoms with Crippen molar-refractivity contribution in [2.75, 3.05) is 45.2 Å². The first-order valence-electron chi connectivity index (χ1n) is 8.64. The minimum atomic E-state index is -0.526. The van der Waals surface area contributed by atoms with Crippen molar-refractivity contribution < 1.29 is 14.5 Å². The molecule has 0 aliphatic carbocycles. The van der Waals surface area contributed by atoms with E-state index in [-0.39, 0.29) is 23.8 Å².